The Morgan fingerprint density at radius 1 is 1.30 bits per heavy atom. The van der Waals surface area contributed by atoms with Crippen molar-refractivity contribution in [3.63, 3.8) is 0 Å². The lowest BCUT2D eigenvalue weighted by Gasteiger charge is -2.09. The predicted molar refractivity (Wildman–Crippen MR) is 81.0 cm³/mol. The first kappa shape index (κ1) is 14.6. The molecule has 0 aliphatic heterocycles. The molecule has 0 unspecified atom stereocenters. The highest BCUT2D eigenvalue weighted by Gasteiger charge is 2.04. The first-order valence-corrected chi connectivity index (χ1v) is 7.09. The monoisotopic (exact) mass is 273 g/mol. The van der Waals surface area contributed by atoms with E-state index in [2.05, 4.69) is 29.5 Å². The molecule has 1 N–H and O–H groups in total. The molecular weight excluding hydrogens is 250 g/mol. The summed E-state index contributed by atoms with van der Waals surface area (Å²) < 4.78 is 7.31. The molecule has 1 heterocycles. The number of ether oxygens (including phenoxy) is 1. The van der Waals surface area contributed by atoms with Crippen LogP contribution in [0.5, 0.6) is 5.75 Å². The van der Waals surface area contributed by atoms with E-state index in [1.807, 2.05) is 29.9 Å². The van der Waals surface area contributed by atoms with Gasteiger partial charge < -0.3 is 10.1 Å². The number of rotatable bonds is 7. The molecular formula is C16H23N3O. The van der Waals surface area contributed by atoms with Crippen molar-refractivity contribution < 1.29 is 4.74 Å². The summed E-state index contributed by atoms with van der Waals surface area (Å²) in [6.07, 6.45) is 1.94. The van der Waals surface area contributed by atoms with Gasteiger partial charge in [0.15, 0.2) is 0 Å². The second kappa shape index (κ2) is 7.10. The average molecular weight is 273 g/mol. The Bertz CT molecular complexity index is 548. The van der Waals surface area contributed by atoms with Crippen LogP contribution in [0.1, 0.15) is 23.9 Å². The molecule has 2 aromatic rings. The van der Waals surface area contributed by atoms with Gasteiger partial charge in [-0.05, 0) is 37.1 Å². The molecule has 4 heteroatoms. The maximum absolute atomic E-state index is 5.36. The van der Waals surface area contributed by atoms with Crippen LogP contribution in [0.25, 0.3) is 0 Å². The molecule has 1 aromatic heterocycles. The van der Waals surface area contributed by atoms with Gasteiger partial charge in [0, 0.05) is 13.6 Å². The van der Waals surface area contributed by atoms with E-state index in [0.717, 1.165) is 37.4 Å². The van der Waals surface area contributed by atoms with Gasteiger partial charge in [0.05, 0.1) is 18.5 Å². The van der Waals surface area contributed by atoms with Crippen molar-refractivity contribution in [3.05, 3.63) is 47.3 Å². The summed E-state index contributed by atoms with van der Waals surface area (Å²) in [5.41, 5.74) is 3.61. The zero-order valence-electron chi connectivity index (χ0n) is 12.5. The lowest BCUT2D eigenvalue weighted by atomic mass is 10.1. The van der Waals surface area contributed by atoms with Gasteiger partial charge in [-0.2, -0.15) is 5.10 Å². The van der Waals surface area contributed by atoms with Crippen LogP contribution in [-0.4, -0.2) is 23.4 Å². The minimum absolute atomic E-state index is 0.846. The van der Waals surface area contributed by atoms with E-state index in [4.69, 9.17) is 4.74 Å². The number of hydrogen-bond donors (Lipinski definition) is 1. The van der Waals surface area contributed by atoms with Gasteiger partial charge in [0.1, 0.15) is 5.75 Å². The van der Waals surface area contributed by atoms with Gasteiger partial charge in [-0.1, -0.05) is 25.1 Å². The van der Waals surface area contributed by atoms with Gasteiger partial charge in [0.2, 0.25) is 0 Å². The summed E-state index contributed by atoms with van der Waals surface area (Å²) in [5, 5.41) is 7.91. The van der Waals surface area contributed by atoms with Gasteiger partial charge in [-0.15, -0.1) is 0 Å². The Morgan fingerprint density at radius 3 is 2.80 bits per heavy atom. The molecule has 0 spiro atoms. The summed E-state index contributed by atoms with van der Waals surface area (Å²) in [6.45, 7) is 3.90. The van der Waals surface area contributed by atoms with Crippen LogP contribution in [0.15, 0.2) is 30.3 Å². The summed E-state index contributed by atoms with van der Waals surface area (Å²) in [7, 11) is 3.71. The molecule has 0 aliphatic carbocycles. The lowest BCUT2D eigenvalue weighted by molar-refractivity contribution is 0.409. The molecule has 0 radical (unpaired) electrons. The van der Waals surface area contributed by atoms with Crippen LogP contribution >= 0.6 is 0 Å². The topological polar surface area (TPSA) is 39.1 Å². The number of nitrogens with zero attached hydrogens (tertiary/aromatic N) is 2. The third-order valence-corrected chi connectivity index (χ3v) is 3.46. The molecule has 0 aliphatic rings. The fourth-order valence-electron chi connectivity index (χ4n) is 2.26. The Morgan fingerprint density at radius 2 is 2.10 bits per heavy atom. The van der Waals surface area contributed by atoms with Gasteiger partial charge >= 0.3 is 0 Å². The second-order valence-corrected chi connectivity index (χ2v) is 4.84. The molecule has 0 bridgehead atoms. The van der Waals surface area contributed by atoms with Crippen LogP contribution in [0, 0.1) is 0 Å². The van der Waals surface area contributed by atoms with Gasteiger partial charge in [-0.3, -0.25) is 4.68 Å². The molecule has 0 saturated carbocycles. The molecule has 4 nitrogen and oxygen atoms in total. The van der Waals surface area contributed by atoms with Crippen molar-refractivity contribution in [1.29, 1.82) is 0 Å². The summed E-state index contributed by atoms with van der Waals surface area (Å²) in [6, 6.07) is 10.3. The minimum atomic E-state index is 0.846. The zero-order valence-corrected chi connectivity index (χ0v) is 12.5. The van der Waals surface area contributed by atoms with Crippen molar-refractivity contribution in [1.82, 2.24) is 15.1 Å². The number of aromatic nitrogens is 2. The molecule has 2 rings (SSSR count). The first-order valence-electron chi connectivity index (χ1n) is 7.09. The smallest absolute Gasteiger partial charge is 0.122 e. The quantitative estimate of drug-likeness (QED) is 0.787. The van der Waals surface area contributed by atoms with Crippen molar-refractivity contribution in [2.24, 2.45) is 7.05 Å². The van der Waals surface area contributed by atoms with E-state index in [0.29, 0.717) is 0 Å². The highest BCUT2D eigenvalue weighted by molar-refractivity contribution is 5.33. The predicted octanol–water partition coefficient (Wildman–Crippen LogP) is 2.32. The Kier molecular flexibility index (Phi) is 5.18. The Balaban J connectivity index is 1.83. The van der Waals surface area contributed by atoms with Gasteiger partial charge in [0.25, 0.3) is 0 Å². The van der Waals surface area contributed by atoms with E-state index < -0.39 is 0 Å². The molecule has 0 amide bonds. The number of nitrogens with one attached hydrogen (secondary N) is 1. The Labute approximate surface area is 120 Å². The van der Waals surface area contributed by atoms with E-state index in [-0.39, 0.29) is 0 Å². The normalized spacial score (nSPS) is 10.8. The van der Waals surface area contributed by atoms with Crippen LogP contribution < -0.4 is 10.1 Å². The van der Waals surface area contributed by atoms with Crippen molar-refractivity contribution in [3.8, 4) is 5.75 Å². The van der Waals surface area contributed by atoms with Crippen molar-refractivity contribution in [2.45, 2.75) is 26.3 Å². The summed E-state index contributed by atoms with van der Waals surface area (Å²) in [5.74, 6) is 0.961. The van der Waals surface area contributed by atoms with Gasteiger partial charge in [-0.25, -0.2) is 0 Å². The number of benzene rings is 1. The van der Waals surface area contributed by atoms with E-state index in [9.17, 15) is 0 Å². The molecule has 0 atom stereocenters. The molecule has 108 valence electrons. The van der Waals surface area contributed by atoms with Crippen LogP contribution in [0.2, 0.25) is 0 Å². The summed E-state index contributed by atoms with van der Waals surface area (Å²) in [4.78, 5) is 0. The highest BCUT2D eigenvalue weighted by Crippen LogP contribution is 2.17. The SMILES string of the molecule is CCc1cc(CNCCc2ccccc2OC)n(C)n1. The largest absolute Gasteiger partial charge is 0.496 e. The lowest BCUT2D eigenvalue weighted by Crippen LogP contribution is -2.18. The van der Waals surface area contributed by atoms with Crippen LogP contribution in [0.4, 0.5) is 0 Å². The molecule has 1 aromatic carbocycles. The molecule has 0 saturated heterocycles. The van der Waals surface area contributed by atoms with E-state index in [1.165, 1.54) is 11.3 Å². The number of hydrogen-bond acceptors (Lipinski definition) is 3. The highest BCUT2D eigenvalue weighted by atomic mass is 16.5. The van der Waals surface area contributed by atoms with Crippen molar-refractivity contribution in [2.75, 3.05) is 13.7 Å². The Hall–Kier alpha value is -1.81. The minimum Gasteiger partial charge on any atom is -0.496 e. The maximum Gasteiger partial charge on any atom is 0.122 e. The van der Waals surface area contributed by atoms with E-state index in [1.54, 1.807) is 7.11 Å². The fourth-order valence-corrected chi connectivity index (χ4v) is 2.26. The van der Waals surface area contributed by atoms with Crippen LogP contribution in [-0.2, 0) is 26.4 Å². The number of para-hydroxylation sites is 1. The number of methoxy groups -OCH3 is 1. The average Bonchev–Trinajstić information content (AvgIpc) is 2.84. The standard InChI is InChI=1S/C16H23N3O/c1-4-14-11-15(19(2)18-14)12-17-10-9-13-7-5-6-8-16(13)20-3/h5-8,11,17H,4,9-10,12H2,1-3H3. The summed E-state index contributed by atoms with van der Waals surface area (Å²) >= 11 is 0. The second-order valence-electron chi connectivity index (χ2n) is 4.84. The maximum atomic E-state index is 5.36. The van der Waals surface area contributed by atoms with E-state index >= 15 is 0 Å². The van der Waals surface area contributed by atoms with Crippen LogP contribution in [0.3, 0.4) is 0 Å². The number of aryl methyl sites for hydroxylation is 2. The third-order valence-electron chi connectivity index (χ3n) is 3.46. The third kappa shape index (κ3) is 3.61. The van der Waals surface area contributed by atoms with Crippen molar-refractivity contribution >= 4 is 0 Å². The zero-order chi connectivity index (χ0) is 14.4. The molecule has 20 heavy (non-hydrogen) atoms. The first-order chi connectivity index (χ1) is 9.74. The molecule has 0 fully saturated rings. The fraction of sp³-hybridized carbons (Fsp3) is 0.438.